The van der Waals surface area contributed by atoms with Crippen molar-refractivity contribution in [3.05, 3.63) is 29.8 Å². The summed E-state index contributed by atoms with van der Waals surface area (Å²) in [5, 5.41) is 0. The van der Waals surface area contributed by atoms with Gasteiger partial charge in [0, 0.05) is 7.11 Å². The van der Waals surface area contributed by atoms with Crippen molar-refractivity contribution in [1.82, 2.24) is 0 Å². The summed E-state index contributed by atoms with van der Waals surface area (Å²) >= 11 is 0. The van der Waals surface area contributed by atoms with Crippen molar-refractivity contribution in [1.29, 1.82) is 0 Å². The maximum absolute atomic E-state index is 12.0. The van der Waals surface area contributed by atoms with Crippen LogP contribution < -0.4 is 10.5 Å². The number of alkyl halides is 3. The van der Waals surface area contributed by atoms with Crippen LogP contribution >= 0.6 is 0 Å². The van der Waals surface area contributed by atoms with Crippen LogP contribution in [0.2, 0.25) is 0 Å². The van der Waals surface area contributed by atoms with E-state index < -0.39 is 12.4 Å². The summed E-state index contributed by atoms with van der Waals surface area (Å²) in [6.07, 6.45) is -4.99. The van der Waals surface area contributed by atoms with Crippen LogP contribution in [0.25, 0.3) is 0 Å². The Balaban J connectivity index is 2.86. The number of hydrogen-bond acceptors (Lipinski definition) is 3. The molecule has 6 heteroatoms. The Morgan fingerprint density at radius 2 is 1.94 bits per heavy atom. The molecule has 0 fully saturated rings. The largest absolute Gasteiger partial charge is 0.573 e. The summed E-state index contributed by atoms with van der Waals surface area (Å²) in [4.78, 5) is 0. The molecule has 2 atom stereocenters. The summed E-state index contributed by atoms with van der Waals surface area (Å²) in [6.45, 7) is 1.74. The summed E-state index contributed by atoms with van der Waals surface area (Å²) in [5.41, 5.74) is 6.35. The molecule has 0 aromatic heterocycles. The standard InChI is InChI=1S/C11H14F3NO2/c1-7(16-2)10(15)8-4-3-5-9(6-8)17-11(12,13)14/h3-7,10H,15H2,1-2H3. The van der Waals surface area contributed by atoms with Crippen molar-refractivity contribution in [2.75, 3.05) is 7.11 Å². The maximum atomic E-state index is 12.0. The second kappa shape index (κ2) is 5.37. The fourth-order valence-corrected chi connectivity index (χ4v) is 1.34. The van der Waals surface area contributed by atoms with Gasteiger partial charge in [-0.25, -0.2) is 0 Å². The zero-order valence-corrected chi connectivity index (χ0v) is 9.49. The summed E-state index contributed by atoms with van der Waals surface area (Å²) in [7, 11) is 1.49. The first-order chi connectivity index (χ1) is 7.83. The van der Waals surface area contributed by atoms with Gasteiger partial charge in [-0.1, -0.05) is 12.1 Å². The highest BCUT2D eigenvalue weighted by molar-refractivity contribution is 5.31. The minimum Gasteiger partial charge on any atom is -0.406 e. The summed E-state index contributed by atoms with van der Waals surface area (Å²) < 4.78 is 44.9. The number of ether oxygens (including phenoxy) is 2. The van der Waals surface area contributed by atoms with Gasteiger partial charge in [-0.05, 0) is 24.6 Å². The predicted octanol–water partition coefficient (Wildman–Crippen LogP) is 2.62. The molecular weight excluding hydrogens is 235 g/mol. The topological polar surface area (TPSA) is 44.5 Å². The average molecular weight is 249 g/mol. The number of rotatable bonds is 4. The number of halogens is 3. The molecule has 2 unspecified atom stereocenters. The van der Waals surface area contributed by atoms with Crippen LogP contribution in [0.1, 0.15) is 18.5 Å². The molecule has 2 N–H and O–H groups in total. The second-order valence-electron chi connectivity index (χ2n) is 3.59. The first kappa shape index (κ1) is 13.8. The molecule has 17 heavy (non-hydrogen) atoms. The van der Waals surface area contributed by atoms with E-state index in [0.29, 0.717) is 5.56 Å². The van der Waals surface area contributed by atoms with Crippen LogP contribution in [0.5, 0.6) is 5.75 Å². The molecule has 0 spiro atoms. The Bertz CT molecular complexity index is 368. The Hall–Kier alpha value is -1.27. The lowest BCUT2D eigenvalue weighted by Crippen LogP contribution is -2.25. The normalized spacial score (nSPS) is 15.4. The van der Waals surface area contributed by atoms with Gasteiger partial charge < -0.3 is 15.2 Å². The molecule has 0 bridgehead atoms. The molecule has 1 aromatic rings. The van der Waals surface area contributed by atoms with Crippen LogP contribution in [0.4, 0.5) is 13.2 Å². The fourth-order valence-electron chi connectivity index (χ4n) is 1.34. The molecule has 0 aliphatic rings. The summed E-state index contributed by atoms with van der Waals surface area (Å²) in [5.74, 6) is -0.284. The second-order valence-corrected chi connectivity index (χ2v) is 3.59. The van der Waals surface area contributed by atoms with E-state index in [0.717, 1.165) is 0 Å². The van der Waals surface area contributed by atoms with Crippen molar-refractivity contribution >= 4 is 0 Å². The van der Waals surface area contributed by atoms with Gasteiger partial charge in [0.15, 0.2) is 0 Å². The van der Waals surface area contributed by atoms with Gasteiger partial charge in [0.05, 0.1) is 12.1 Å². The SMILES string of the molecule is COC(C)C(N)c1cccc(OC(F)(F)F)c1. The van der Waals surface area contributed by atoms with Gasteiger partial charge in [-0.15, -0.1) is 13.2 Å². The van der Waals surface area contributed by atoms with E-state index in [1.54, 1.807) is 13.0 Å². The van der Waals surface area contributed by atoms with Gasteiger partial charge in [0.25, 0.3) is 0 Å². The Morgan fingerprint density at radius 1 is 1.29 bits per heavy atom. The minimum absolute atomic E-state index is 0.284. The van der Waals surface area contributed by atoms with Crippen molar-refractivity contribution < 1.29 is 22.6 Å². The van der Waals surface area contributed by atoms with Crippen molar-refractivity contribution in [2.45, 2.75) is 25.4 Å². The third-order valence-corrected chi connectivity index (χ3v) is 2.35. The van der Waals surface area contributed by atoms with E-state index in [1.165, 1.54) is 25.3 Å². The Morgan fingerprint density at radius 3 is 2.47 bits per heavy atom. The van der Waals surface area contributed by atoms with Crippen LogP contribution in [0.15, 0.2) is 24.3 Å². The molecular formula is C11H14F3NO2. The van der Waals surface area contributed by atoms with Gasteiger partial charge in [-0.3, -0.25) is 0 Å². The fraction of sp³-hybridized carbons (Fsp3) is 0.455. The molecule has 0 amide bonds. The molecule has 0 saturated carbocycles. The van der Waals surface area contributed by atoms with E-state index in [1.807, 2.05) is 0 Å². The zero-order chi connectivity index (χ0) is 13.1. The molecule has 1 aromatic carbocycles. The average Bonchev–Trinajstić information content (AvgIpc) is 2.25. The van der Waals surface area contributed by atoms with Gasteiger partial charge in [0.2, 0.25) is 0 Å². The molecule has 0 heterocycles. The van der Waals surface area contributed by atoms with Gasteiger partial charge in [0.1, 0.15) is 5.75 Å². The van der Waals surface area contributed by atoms with Crippen LogP contribution in [-0.2, 0) is 4.74 Å². The van der Waals surface area contributed by atoms with Gasteiger partial charge in [-0.2, -0.15) is 0 Å². The first-order valence-corrected chi connectivity index (χ1v) is 4.97. The molecule has 3 nitrogen and oxygen atoms in total. The molecule has 96 valence electrons. The Kier molecular flexibility index (Phi) is 4.36. The third kappa shape index (κ3) is 4.24. The highest BCUT2D eigenvalue weighted by Crippen LogP contribution is 2.26. The van der Waals surface area contributed by atoms with Crippen molar-refractivity contribution in [2.24, 2.45) is 5.73 Å². The molecule has 0 aliphatic carbocycles. The lowest BCUT2D eigenvalue weighted by Gasteiger charge is -2.19. The number of hydrogen-bond donors (Lipinski definition) is 1. The lowest BCUT2D eigenvalue weighted by atomic mass is 10.0. The maximum Gasteiger partial charge on any atom is 0.573 e. The highest BCUT2D eigenvalue weighted by Gasteiger charge is 2.31. The van der Waals surface area contributed by atoms with E-state index >= 15 is 0 Å². The van der Waals surface area contributed by atoms with E-state index in [9.17, 15) is 13.2 Å². The minimum atomic E-state index is -4.70. The summed E-state index contributed by atoms with van der Waals surface area (Å²) in [6, 6.07) is 5.06. The molecule has 1 rings (SSSR count). The molecule has 0 radical (unpaired) electrons. The number of benzene rings is 1. The first-order valence-electron chi connectivity index (χ1n) is 4.97. The molecule has 0 saturated heterocycles. The smallest absolute Gasteiger partial charge is 0.406 e. The highest BCUT2D eigenvalue weighted by atomic mass is 19.4. The predicted molar refractivity (Wildman–Crippen MR) is 56.5 cm³/mol. The van der Waals surface area contributed by atoms with Crippen LogP contribution in [-0.4, -0.2) is 19.6 Å². The van der Waals surface area contributed by atoms with Crippen LogP contribution in [0.3, 0.4) is 0 Å². The molecule has 0 aliphatic heterocycles. The number of nitrogens with two attached hydrogens (primary N) is 1. The van der Waals surface area contributed by atoms with Crippen LogP contribution in [0, 0.1) is 0 Å². The van der Waals surface area contributed by atoms with E-state index in [-0.39, 0.29) is 11.9 Å². The zero-order valence-electron chi connectivity index (χ0n) is 9.49. The van der Waals surface area contributed by atoms with Crippen molar-refractivity contribution in [3.8, 4) is 5.75 Å². The van der Waals surface area contributed by atoms with Gasteiger partial charge >= 0.3 is 6.36 Å². The third-order valence-electron chi connectivity index (χ3n) is 2.35. The number of methoxy groups -OCH3 is 1. The monoisotopic (exact) mass is 249 g/mol. The van der Waals surface area contributed by atoms with E-state index in [2.05, 4.69) is 4.74 Å². The van der Waals surface area contributed by atoms with Crippen molar-refractivity contribution in [3.63, 3.8) is 0 Å². The van der Waals surface area contributed by atoms with E-state index in [4.69, 9.17) is 10.5 Å². The Labute approximate surface area is 97.3 Å². The lowest BCUT2D eigenvalue weighted by molar-refractivity contribution is -0.274. The quantitative estimate of drug-likeness (QED) is 0.892.